The minimum atomic E-state index is -0.504. The standard InChI is InChI=1S/C21H24N4O4/c1-14(21(28)25-13-20(27)23-17-6-4-5-7-18(17)25)24(2)12-19(26)22-15-8-10-16(29-3)11-9-15/h4-11,14H,12-13H2,1-3H3,(H,22,26)(H,23,27)/p+1/t14-/m1/s1. The van der Waals surface area contributed by atoms with Gasteiger partial charge in [0, 0.05) is 5.69 Å². The molecule has 1 unspecified atom stereocenters. The van der Waals surface area contributed by atoms with Gasteiger partial charge in [0.2, 0.25) is 5.91 Å². The highest BCUT2D eigenvalue weighted by molar-refractivity contribution is 6.10. The van der Waals surface area contributed by atoms with Gasteiger partial charge in [-0.25, -0.2) is 0 Å². The number of nitrogens with one attached hydrogen (secondary N) is 3. The molecule has 2 atom stereocenters. The third-order valence-corrected chi connectivity index (χ3v) is 4.96. The summed E-state index contributed by atoms with van der Waals surface area (Å²) >= 11 is 0. The Labute approximate surface area is 169 Å². The molecule has 3 rings (SSSR count). The zero-order valence-electron chi connectivity index (χ0n) is 16.7. The molecule has 2 aromatic rings. The third kappa shape index (κ3) is 4.72. The number of hydrogen-bond donors (Lipinski definition) is 3. The number of hydrogen-bond acceptors (Lipinski definition) is 4. The molecule has 0 radical (unpaired) electrons. The number of para-hydroxylation sites is 2. The van der Waals surface area contributed by atoms with Gasteiger partial charge in [-0.15, -0.1) is 0 Å². The molecule has 0 saturated heterocycles. The number of benzene rings is 2. The van der Waals surface area contributed by atoms with Crippen LogP contribution in [0, 0.1) is 0 Å². The van der Waals surface area contributed by atoms with E-state index in [1.54, 1.807) is 63.5 Å². The van der Waals surface area contributed by atoms with Crippen molar-refractivity contribution in [1.29, 1.82) is 0 Å². The molecule has 0 saturated carbocycles. The Bertz CT molecular complexity index is 913. The maximum Gasteiger partial charge on any atom is 0.285 e. The van der Waals surface area contributed by atoms with Crippen LogP contribution >= 0.6 is 0 Å². The van der Waals surface area contributed by atoms with Gasteiger partial charge in [0.25, 0.3) is 11.8 Å². The van der Waals surface area contributed by atoms with Gasteiger partial charge in [0.15, 0.2) is 12.6 Å². The summed E-state index contributed by atoms with van der Waals surface area (Å²) in [5, 5.41) is 5.58. The van der Waals surface area contributed by atoms with Crippen molar-refractivity contribution in [2.24, 2.45) is 0 Å². The zero-order chi connectivity index (χ0) is 21.0. The molecule has 3 N–H and O–H groups in total. The molecule has 1 heterocycles. The molecule has 29 heavy (non-hydrogen) atoms. The van der Waals surface area contributed by atoms with Crippen molar-refractivity contribution in [1.82, 2.24) is 0 Å². The Morgan fingerprint density at radius 3 is 2.59 bits per heavy atom. The van der Waals surface area contributed by atoms with Crippen molar-refractivity contribution in [2.75, 3.05) is 42.8 Å². The third-order valence-electron chi connectivity index (χ3n) is 4.96. The summed E-state index contributed by atoms with van der Waals surface area (Å²) in [5.74, 6) is 0.0566. The van der Waals surface area contributed by atoms with Crippen LogP contribution in [0.25, 0.3) is 0 Å². The van der Waals surface area contributed by atoms with Crippen molar-refractivity contribution < 1.29 is 24.0 Å². The fourth-order valence-electron chi connectivity index (χ4n) is 3.16. The SMILES string of the molecule is COc1ccc(NC(=O)C[NH+](C)[C@H](C)C(=O)N2CC(=O)Nc3ccccc32)cc1. The van der Waals surface area contributed by atoms with Crippen molar-refractivity contribution in [2.45, 2.75) is 13.0 Å². The number of methoxy groups -OCH3 is 1. The number of carbonyl (C=O) groups is 3. The maximum atomic E-state index is 13.0. The second kappa shape index (κ2) is 8.74. The molecular formula is C21H25N4O4+. The molecule has 1 aliphatic heterocycles. The quantitative estimate of drug-likeness (QED) is 0.663. The van der Waals surface area contributed by atoms with Gasteiger partial charge < -0.3 is 20.3 Å². The Kier molecular flexibility index (Phi) is 6.13. The first-order chi connectivity index (χ1) is 13.9. The maximum absolute atomic E-state index is 13.0. The lowest BCUT2D eigenvalue weighted by Gasteiger charge is -2.32. The summed E-state index contributed by atoms with van der Waals surface area (Å²) in [6, 6.07) is 13.7. The number of anilines is 3. The van der Waals surface area contributed by atoms with Crippen LogP contribution in [0.3, 0.4) is 0 Å². The van der Waals surface area contributed by atoms with Gasteiger partial charge >= 0.3 is 0 Å². The van der Waals surface area contributed by atoms with Crippen LogP contribution in [-0.4, -0.2) is 51.0 Å². The lowest BCUT2D eigenvalue weighted by Crippen LogP contribution is -3.15. The van der Waals surface area contributed by atoms with Crippen LogP contribution in [-0.2, 0) is 14.4 Å². The van der Waals surface area contributed by atoms with E-state index < -0.39 is 6.04 Å². The molecule has 0 aromatic heterocycles. The van der Waals surface area contributed by atoms with Gasteiger partial charge in [-0.2, -0.15) is 0 Å². The van der Waals surface area contributed by atoms with E-state index in [2.05, 4.69) is 10.6 Å². The summed E-state index contributed by atoms with van der Waals surface area (Å²) in [6.07, 6.45) is 0. The molecule has 2 aromatic carbocycles. The predicted molar refractivity (Wildman–Crippen MR) is 110 cm³/mol. The van der Waals surface area contributed by atoms with Crippen LogP contribution in [0.2, 0.25) is 0 Å². The van der Waals surface area contributed by atoms with Crippen LogP contribution in [0.15, 0.2) is 48.5 Å². The Hall–Kier alpha value is -3.39. The van der Waals surface area contributed by atoms with E-state index in [0.29, 0.717) is 22.8 Å². The zero-order valence-corrected chi connectivity index (χ0v) is 16.7. The van der Waals surface area contributed by atoms with Gasteiger partial charge in [0.1, 0.15) is 12.3 Å². The van der Waals surface area contributed by atoms with Crippen molar-refractivity contribution in [3.63, 3.8) is 0 Å². The smallest absolute Gasteiger partial charge is 0.285 e. The first kappa shape index (κ1) is 20.3. The number of fused-ring (bicyclic) bond motifs is 1. The monoisotopic (exact) mass is 397 g/mol. The van der Waals surface area contributed by atoms with Crippen molar-refractivity contribution in [3.8, 4) is 5.75 Å². The molecule has 3 amide bonds. The molecule has 0 fully saturated rings. The highest BCUT2D eigenvalue weighted by atomic mass is 16.5. The van der Waals surface area contributed by atoms with Crippen LogP contribution in [0.5, 0.6) is 5.75 Å². The minimum Gasteiger partial charge on any atom is -0.497 e. The molecule has 8 nitrogen and oxygen atoms in total. The Morgan fingerprint density at radius 2 is 1.90 bits per heavy atom. The van der Waals surface area contributed by atoms with Gasteiger partial charge in [0.05, 0.1) is 25.5 Å². The number of carbonyl (C=O) groups excluding carboxylic acids is 3. The van der Waals surface area contributed by atoms with Crippen LogP contribution < -0.4 is 25.2 Å². The summed E-state index contributed by atoms with van der Waals surface area (Å²) < 4.78 is 5.10. The van der Waals surface area contributed by atoms with Gasteiger partial charge in [-0.05, 0) is 43.3 Å². The number of rotatable bonds is 6. The molecule has 0 spiro atoms. The van der Waals surface area contributed by atoms with Crippen molar-refractivity contribution >= 4 is 34.8 Å². The van der Waals surface area contributed by atoms with E-state index >= 15 is 0 Å². The first-order valence-corrected chi connectivity index (χ1v) is 9.35. The van der Waals surface area contributed by atoms with E-state index in [1.165, 1.54) is 4.90 Å². The summed E-state index contributed by atoms with van der Waals surface area (Å²) in [5.41, 5.74) is 1.93. The number of ether oxygens (including phenoxy) is 1. The lowest BCUT2D eigenvalue weighted by molar-refractivity contribution is -0.885. The summed E-state index contributed by atoms with van der Waals surface area (Å²) in [4.78, 5) is 39.6. The van der Waals surface area contributed by atoms with E-state index in [9.17, 15) is 14.4 Å². The normalized spacial score (nSPS) is 15.0. The first-order valence-electron chi connectivity index (χ1n) is 9.35. The molecule has 8 heteroatoms. The molecule has 1 aliphatic rings. The fourth-order valence-corrected chi connectivity index (χ4v) is 3.16. The van der Waals surface area contributed by atoms with E-state index in [0.717, 1.165) is 4.90 Å². The predicted octanol–water partition coefficient (Wildman–Crippen LogP) is 0.522. The topological polar surface area (TPSA) is 92.2 Å². The van der Waals surface area contributed by atoms with Gasteiger partial charge in [-0.3, -0.25) is 19.3 Å². The largest absolute Gasteiger partial charge is 0.497 e. The average Bonchev–Trinajstić information content (AvgIpc) is 2.72. The second-order valence-corrected chi connectivity index (χ2v) is 7.01. The Balaban J connectivity index is 1.63. The number of amides is 3. The van der Waals surface area contributed by atoms with Gasteiger partial charge in [-0.1, -0.05) is 12.1 Å². The Morgan fingerprint density at radius 1 is 1.21 bits per heavy atom. The van der Waals surface area contributed by atoms with E-state index in [1.807, 2.05) is 6.07 Å². The highest BCUT2D eigenvalue weighted by Gasteiger charge is 2.33. The lowest BCUT2D eigenvalue weighted by atomic mass is 10.1. The highest BCUT2D eigenvalue weighted by Crippen LogP contribution is 2.29. The van der Waals surface area contributed by atoms with Crippen LogP contribution in [0.1, 0.15) is 6.92 Å². The molecule has 152 valence electrons. The van der Waals surface area contributed by atoms with E-state index in [4.69, 9.17) is 4.74 Å². The molecule has 0 bridgehead atoms. The average molecular weight is 397 g/mol. The summed E-state index contributed by atoms with van der Waals surface area (Å²) in [6.45, 7) is 1.83. The number of quaternary nitrogens is 1. The number of likely N-dealkylation sites (N-methyl/N-ethyl adjacent to an activating group) is 1. The number of nitrogens with zero attached hydrogens (tertiary/aromatic N) is 1. The van der Waals surface area contributed by atoms with Crippen molar-refractivity contribution in [3.05, 3.63) is 48.5 Å². The van der Waals surface area contributed by atoms with E-state index in [-0.39, 0.29) is 30.8 Å². The molecule has 0 aliphatic carbocycles. The second-order valence-electron chi connectivity index (χ2n) is 7.01. The fraction of sp³-hybridized carbons (Fsp3) is 0.286. The summed E-state index contributed by atoms with van der Waals surface area (Å²) in [7, 11) is 3.36. The minimum absolute atomic E-state index is 0.0362. The van der Waals surface area contributed by atoms with Crippen LogP contribution in [0.4, 0.5) is 17.1 Å². The molecular weight excluding hydrogens is 372 g/mol.